The summed E-state index contributed by atoms with van der Waals surface area (Å²) in [4.78, 5) is 0. The van der Waals surface area contributed by atoms with Crippen LogP contribution in [0.2, 0.25) is 0 Å². The van der Waals surface area contributed by atoms with E-state index in [1.807, 2.05) is 6.08 Å². The lowest BCUT2D eigenvalue weighted by atomic mass is 9.81. The molecule has 1 aliphatic carbocycles. The largest absolute Gasteiger partial charge is 0.0984 e. The van der Waals surface area contributed by atoms with Gasteiger partial charge in [-0.1, -0.05) is 97.6 Å². The summed E-state index contributed by atoms with van der Waals surface area (Å²) < 4.78 is 0. The Morgan fingerprint density at radius 3 is 1.32 bits per heavy atom. The van der Waals surface area contributed by atoms with Gasteiger partial charge in [0.25, 0.3) is 0 Å². The Labute approximate surface area is 149 Å². The summed E-state index contributed by atoms with van der Waals surface area (Å²) in [6.07, 6.45) is 6.28. The first-order valence-corrected chi connectivity index (χ1v) is 8.63. The van der Waals surface area contributed by atoms with Crippen molar-refractivity contribution in [3.63, 3.8) is 0 Å². The predicted molar refractivity (Wildman–Crippen MR) is 109 cm³/mol. The molecule has 0 heteroatoms. The minimum Gasteiger partial charge on any atom is -0.0984 e. The Hall–Kier alpha value is -3.12. The molecule has 4 rings (SSSR count). The van der Waals surface area contributed by atoms with Crippen LogP contribution in [0.3, 0.4) is 0 Å². The number of allylic oxidation sites excluding steroid dienone is 5. The summed E-state index contributed by atoms with van der Waals surface area (Å²) in [5, 5.41) is 0. The molecular formula is C25H20. The molecule has 0 heterocycles. The second-order valence-electron chi connectivity index (χ2n) is 6.17. The van der Waals surface area contributed by atoms with Crippen molar-refractivity contribution >= 4 is 11.1 Å². The molecule has 0 nitrogen and oxygen atoms in total. The molecule has 0 radical (unpaired) electrons. The first-order chi connectivity index (χ1) is 12.3. The predicted octanol–water partition coefficient (Wildman–Crippen LogP) is 7.01. The number of benzene rings is 3. The third-order valence-corrected chi connectivity index (χ3v) is 4.77. The maximum atomic E-state index is 4.13. The van der Waals surface area contributed by atoms with Gasteiger partial charge < -0.3 is 0 Å². The second-order valence-corrected chi connectivity index (χ2v) is 6.17. The maximum absolute atomic E-state index is 4.13. The van der Waals surface area contributed by atoms with Crippen LogP contribution in [-0.4, -0.2) is 0 Å². The molecule has 0 spiro atoms. The molecule has 0 atom stereocenters. The van der Waals surface area contributed by atoms with E-state index in [2.05, 4.69) is 98.5 Å². The van der Waals surface area contributed by atoms with Crippen molar-refractivity contribution in [3.05, 3.63) is 109 Å². The van der Waals surface area contributed by atoms with Crippen LogP contribution in [0, 0.1) is 0 Å². The second kappa shape index (κ2) is 6.41. The van der Waals surface area contributed by atoms with Crippen LogP contribution in [0.5, 0.6) is 0 Å². The monoisotopic (exact) mass is 320 g/mol. The van der Waals surface area contributed by atoms with E-state index in [-0.39, 0.29) is 0 Å². The van der Waals surface area contributed by atoms with Crippen LogP contribution in [0.4, 0.5) is 0 Å². The highest BCUT2D eigenvalue weighted by atomic mass is 14.2. The fraction of sp³-hybridized carbons (Fsp3) is 0.0400. The lowest BCUT2D eigenvalue weighted by Gasteiger charge is -2.23. The van der Waals surface area contributed by atoms with Gasteiger partial charge in [0.1, 0.15) is 0 Å². The zero-order valence-corrected chi connectivity index (χ0v) is 14.4. The molecule has 0 saturated carbocycles. The van der Waals surface area contributed by atoms with Crippen molar-refractivity contribution in [2.75, 3.05) is 0 Å². The summed E-state index contributed by atoms with van der Waals surface area (Å²) >= 11 is 0. The standard InChI is InChI=1S/C25H20/c1-3-11-19-18(4-2)20-12-5-6-14-22(20)24-16-9-10-17-25(24)23-15-8-7-13-21(19)23/h3-17H,2H2,1H3/b11-3-,19-18-,20-18?,21-19?,24-22?,25-23?. The SMILES string of the molecule is C=C/C1=C(\C=C/C)c2ccccc2-c2ccccc2-c2ccccc21. The van der Waals surface area contributed by atoms with Crippen LogP contribution in [0.15, 0.2) is 97.6 Å². The van der Waals surface area contributed by atoms with E-state index >= 15 is 0 Å². The van der Waals surface area contributed by atoms with Crippen LogP contribution in [-0.2, 0) is 0 Å². The summed E-state index contributed by atoms with van der Waals surface area (Å²) in [5.41, 5.74) is 9.93. The fourth-order valence-corrected chi connectivity index (χ4v) is 3.71. The third kappa shape index (κ3) is 2.47. The molecule has 25 heavy (non-hydrogen) atoms. The van der Waals surface area contributed by atoms with Crippen molar-refractivity contribution < 1.29 is 0 Å². The first kappa shape index (κ1) is 15.4. The highest BCUT2D eigenvalue weighted by Gasteiger charge is 2.20. The molecule has 0 amide bonds. The molecule has 120 valence electrons. The smallest absolute Gasteiger partial charge is 0.00990 e. The van der Waals surface area contributed by atoms with Crippen molar-refractivity contribution in [1.29, 1.82) is 0 Å². The topological polar surface area (TPSA) is 0 Å². The molecule has 1 aliphatic rings. The Morgan fingerprint density at radius 2 is 0.920 bits per heavy atom. The van der Waals surface area contributed by atoms with Crippen molar-refractivity contribution in [2.45, 2.75) is 6.92 Å². The Kier molecular flexibility index (Phi) is 3.95. The highest BCUT2D eigenvalue weighted by molar-refractivity contribution is 6.08. The molecular weight excluding hydrogens is 300 g/mol. The van der Waals surface area contributed by atoms with E-state index in [0.29, 0.717) is 0 Å². The van der Waals surface area contributed by atoms with Gasteiger partial charge in [-0.25, -0.2) is 0 Å². The number of fused-ring (bicyclic) bond motifs is 5. The number of rotatable bonds is 2. The zero-order valence-electron chi connectivity index (χ0n) is 14.4. The Balaban J connectivity index is 2.23. The summed E-state index contributed by atoms with van der Waals surface area (Å²) in [5.74, 6) is 0. The summed E-state index contributed by atoms with van der Waals surface area (Å²) in [6.45, 7) is 6.19. The molecule has 0 aromatic heterocycles. The van der Waals surface area contributed by atoms with Crippen molar-refractivity contribution in [2.24, 2.45) is 0 Å². The lowest BCUT2D eigenvalue weighted by Crippen LogP contribution is -1.99. The highest BCUT2D eigenvalue weighted by Crippen LogP contribution is 2.44. The zero-order chi connectivity index (χ0) is 17.2. The van der Waals surface area contributed by atoms with Crippen LogP contribution < -0.4 is 0 Å². The molecule has 0 bridgehead atoms. The van der Waals surface area contributed by atoms with Crippen LogP contribution in [0.1, 0.15) is 18.1 Å². The Bertz CT molecular complexity index is 1020. The van der Waals surface area contributed by atoms with E-state index in [4.69, 9.17) is 0 Å². The van der Waals surface area contributed by atoms with E-state index < -0.39 is 0 Å². The minimum absolute atomic E-state index is 1.18. The van der Waals surface area contributed by atoms with Gasteiger partial charge >= 0.3 is 0 Å². The molecule has 0 unspecified atom stereocenters. The normalized spacial score (nSPS) is 15.7. The van der Waals surface area contributed by atoms with Gasteiger partial charge in [-0.05, 0) is 51.5 Å². The van der Waals surface area contributed by atoms with Gasteiger partial charge in [-0.15, -0.1) is 0 Å². The van der Waals surface area contributed by atoms with Gasteiger partial charge in [0.15, 0.2) is 0 Å². The molecule has 0 fully saturated rings. The minimum atomic E-state index is 1.18. The summed E-state index contributed by atoms with van der Waals surface area (Å²) in [7, 11) is 0. The van der Waals surface area contributed by atoms with Gasteiger partial charge in [-0.2, -0.15) is 0 Å². The van der Waals surface area contributed by atoms with Crippen LogP contribution >= 0.6 is 0 Å². The molecule has 0 aliphatic heterocycles. The van der Waals surface area contributed by atoms with Crippen molar-refractivity contribution in [1.82, 2.24) is 0 Å². The fourth-order valence-electron chi connectivity index (χ4n) is 3.71. The van der Waals surface area contributed by atoms with Crippen LogP contribution in [0.25, 0.3) is 33.4 Å². The number of hydrogen-bond acceptors (Lipinski definition) is 0. The van der Waals surface area contributed by atoms with Gasteiger partial charge in [0.2, 0.25) is 0 Å². The average Bonchev–Trinajstić information content (AvgIpc) is 2.67. The maximum Gasteiger partial charge on any atom is -0.00990 e. The number of hydrogen-bond donors (Lipinski definition) is 0. The van der Waals surface area contributed by atoms with E-state index in [9.17, 15) is 0 Å². The summed E-state index contributed by atoms with van der Waals surface area (Å²) in [6, 6.07) is 25.9. The average molecular weight is 320 g/mol. The van der Waals surface area contributed by atoms with Crippen molar-refractivity contribution in [3.8, 4) is 22.3 Å². The molecule has 3 aromatic rings. The van der Waals surface area contributed by atoms with Gasteiger partial charge in [0.05, 0.1) is 0 Å². The van der Waals surface area contributed by atoms with E-state index in [1.54, 1.807) is 0 Å². The molecule has 0 saturated heterocycles. The lowest BCUT2D eigenvalue weighted by molar-refractivity contribution is 1.51. The Morgan fingerprint density at radius 1 is 0.560 bits per heavy atom. The third-order valence-electron chi connectivity index (χ3n) is 4.77. The van der Waals surface area contributed by atoms with Gasteiger partial charge in [0, 0.05) is 0 Å². The molecule has 3 aromatic carbocycles. The quantitative estimate of drug-likeness (QED) is 0.476. The first-order valence-electron chi connectivity index (χ1n) is 8.63. The van der Waals surface area contributed by atoms with E-state index in [0.717, 1.165) is 0 Å². The van der Waals surface area contributed by atoms with E-state index in [1.165, 1.54) is 44.5 Å². The van der Waals surface area contributed by atoms with Gasteiger partial charge in [-0.3, -0.25) is 0 Å². The molecule has 0 N–H and O–H groups in total.